The Morgan fingerprint density at radius 2 is 1.81 bits per heavy atom. The zero-order chi connectivity index (χ0) is 15.8. The molecule has 116 valence electrons. The molecule has 0 spiro atoms. The maximum Gasteiger partial charge on any atom is 0.242 e. The number of benzene rings is 1. The fourth-order valence-electron chi connectivity index (χ4n) is 2.20. The van der Waals surface area contributed by atoms with Crippen molar-refractivity contribution in [2.75, 3.05) is 6.54 Å². The normalized spacial score (nSPS) is 11.8. The average Bonchev–Trinajstić information content (AvgIpc) is 2.48. The van der Waals surface area contributed by atoms with E-state index >= 15 is 0 Å². The molecule has 0 aliphatic carbocycles. The zero-order valence-electron chi connectivity index (χ0n) is 12.9. The van der Waals surface area contributed by atoms with Gasteiger partial charge in [-0.3, -0.25) is 9.59 Å². The lowest BCUT2D eigenvalue weighted by Crippen LogP contribution is -2.48. The summed E-state index contributed by atoms with van der Waals surface area (Å²) >= 11 is 0. The van der Waals surface area contributed by atoms with Crippen LogP contribution in [0.5, 0.6) is 0 Å². The number of nitrogens with one attached hydrogen (secondary N) is 1. The molecule has 1 atom stereocenters. The third-order valence-corrected chi connectivity index (χ3v) is 3.31. The molecule has 0 aliphatic rings. The van der Waals surface area contributed by atoms with E-state index in [9.17, 15) is 14.0 Å². The number of halogens is 1. The number of carbonyl (C=O) groups excluding carboxylic acids is 2. The molecule has 2 amide bonds. The van der Waals surface area contributed by atoms with Crippen LogP contribution < -0.4 is 5.32 Å². The molecule has 4 nitrogen and oxygen atoms in total. The number of hydrogen-bond donors (Lipinski definition) is 1. The lowest BCUT2D eigenvalue weighted by molar-refractivity contribution is -0.141. The minimum Gasteiger partial charge on any atom is -0.355 e. The van der Waals surface area contributed by atoms with Gasteiger partial charge in [-0.1, -0.05) is 26.0 Å². The number of nitrogens with zero attached hydrogens (tertiary/aromatic N) is 1. The first-order chi connectivity index (χ1) is 10.0. The van der Waals surface area contributed by atoms with Crippen LogP contribution in [0, 0.1) is 5.82 Å². The Morgan fingerprint density at radius 1 is 1.19 bits per heavy atom. The van der Waals surface area contributed by atoms with Gasteiger partial charge >= 0.3 is 0 Å². The Hall–Kier alpha value is -1.91. The topological polar surface area (TPSA) is 49.4 Å². The van der Waals surface area contributed by atoms with Crippen LogP contribution in [0.2, 0.25) is 0 Å². The Morgan fingerprint density at radius 3 is 2.29 bits per heavy atom. The lowest BCUT2D eigenvalue weighted by Gasteiger charge is -2.30. The van der Waals surface area contributed by atoms with Crippen LogP contribution in [-0.2, 0) is 16.1 Å². The molecule has 0 saturated heterocycles. The molecule has 0 fully saturated rings. The standard InChI is InChI=1S/C16H23FN2O2/c1-4-14(16(21)18-6-3)19(15(20)5-2)11-12-7-9-13(17)10-8-12/h7-10,14H,4-6,11H2,1-3H3,(H,18,21)/t14-/m1/s1. The van der Waals surface area contributed by atoms with Gasteiger partial charge in [-0.05, 0) is 31.0 Å². The van der Waals surface area contributed by atoms with Crippen LogP contribution in [0.1, 0.15) is 39.2 Å². The fraction of sp³-hybridized carbons (Fsp3) is 0.500. The van der Waals surface area contributed by atoms with E-state index in [0.29, 0.717) is 25.9 Å². The highest BCUT2D eigenvalue weighted by atomic mass is 19.1. The highest BCUT2D eigenvalue weighted by Crippen LogP contribution is 2.14. The molecule has 0 heterocycles. The van der Waals surface area contributed by atoms with Crippen molar-refractivity contribution in [2.45, 2.75) is 46.2 Å². The first-order valence-electron chi connectivity index (χ1n) is 7.35. The number of likely N-dealkylation sites (N-methyl/N-ethyl adjacent to an activating group) is 1. The quantitative estimate of drug-likeness (QED) is 0.840. The third kappa shape index (κ3) is 4.85. The van der Waals surface area contributed by atoms with Gasteiger partial charge in [0.25, 0.3) is 0 Å². The van der Waals surface area contributed by atoms with Gasteiger partial charge < -0.3 is 10.2 Å². The van der Waals surface area contributed by atoms with Crippen molar-refractivity contribution in [3.05, 3.63) is 35.6 Å². The Balaban J connectivity index is 2.95. The van der Waals surface area contributed by atoms with Gasteiger partial charge in [-0.25, -0.2) is 4.39 Å². The molecule has 0 aliphatic heterocycles. The van der Waals surface area contributed by atoms with Gasteiger partial charge in [0.05, 0.1) is 0 Å². The van der Waals surface area contributed by atoms with Crippen molar-refractivity contribution in [1.29, 1.82) is 0 Å². The third-order valence-electron chi connectivity index (χ3n) is 3.31. The van der Waals surface area contributed by atoms with E-state index in [1.54, 1.807) is 24.0 Å². The predicted octanol–water partition coefficient (Wildman–Crippen LogP) is 2.48. The molecule has 1 aromatic rings. The van der Waals surface area contributed by atoms with Crippen molar-refractivity contribution in [3.63, 3.8) is 0 Å². The Kier molecular flexibility index (Phi) is 6.85. The van der Waals surface area contributed by atoms with Gasteiger partial charge in [0.2, 0.25) is 11.8 Å². The largest absolute Gasteiger partial charge is 0.355 e. The maximum atomic E-state index is 13.0. The molecule has 1 rings (SSSR count). The molecule has 0 aromatic heterocycles. The summed E-state index contributed by atoms with van der Waals surface area (Å²) in [7, 11) is 0. The van der Waals surface area contributed by atoms with Crippen molar-refractivity contribution < 1.29 is 14.0 Å². The Bertz CT molecular complexity index is 474. The number of amides is 2. The molecule has 0 saturated carbocycles. The minimum atomic E-state index is -0.498. The van der Waals surface area contributed by atoms with Gasteiger partial charge in [0, 0.05) is 19.5 Å². The Labute approximate surface area is 125 Å². The maximum absolute atomic E-state index is 13.0. The monoisotopic (exact) mass is 294 g/mol. The first-order valence-corrected chi connectivity index (χ1v) is 7.35. The molecular formula is C16H23FN2O2. The highest BCUT2D eigenvalue weighted by molar-refractivity contribution is 5.87. The van der Waals surface area contributed by atoms with E-state index in [0.717, 1.165) is 5.56 Å². The predicted molar refractivity (Wildman–Crippen MR) is 80.0 cm³/mol. The number of hydrogen-bond acceptors (Lipinski definition) is 2. The van der Waals surface area contributed by atoms with Crippen LogP contribution in [-0.4, -0.2) is 29.3 Å². The molecule has 0 radical (unpaired) electrons. The van der Waals surface area contributed by atoms with Crippen LogP contribution in [0.25, 0.3) is 0 Å². The summed E-state index contributed by atoms with van der Waals surface area (Å²) in [5.74, 6) is -0.552. The SMILES string of the molecule is CCNC(=O)[C@@H](CC)N(Cc1ccc(F)cc1)C(=O)CC. The van der Waals surface area contributed by atoms with E-state index in [-0.39, 0.29) is 17.6 Å². The summed E-state index contributed by atoms with van der Waals surface area (Å²) in [5.41, 5.74) is 0.806. The number of carbonyl (C=O) groups is 2. The summed E-state index contributed by atoms with van der Waals surface area (Å²) < 4.78 is 13.0. The zero-order valence-corrected chi connectivity index (χ0v) is 12.9. The molecule has 0 unspecified atom stereocenters. The highest BCUT2D eigenvalue weighted by Gasteiger charge is 2.27. The minimum absolute atomic E-state index is 0.0857. The number of rotatable bonds is 7. The van der Waals surface area contributed by atoms with Crippen molar-refractivity contribution in [2.24, 2.45) is 0 Å². The van der Waals surface area contributed by atoms with E-state index < -0.39 is 6.04 Å². The van der Waals surface area contributed by atoms with Crippen LogP contribution in [0.15, 0.2) is 24.3 Å². The van der Waals surface area contributed by atoms with E-state index in [1.165, 1.54) is 12.1 Å². The second kappa shape index (κ2) is 8.39. The summed E-state index contributed by atoms with van der Waals surface area (Å²) in [6.07, 6.45) is 0.871. The second-order valence-electron chi connectivity index (χ2n) is 4.82. The summed E-state index contributed by atoms with van der Waals surface area (Å²) in [4.78, 5) is 25.8. The van der Waals surface area contributed by atoms with Gasteiger partial charge in [-0.2, -0.15) is 0 Å². The molecule has 5 heteroatoms. The van der Waals surface area contributed by atoms with Crippen LogP contribution in [0.3, 0.4) is 0 Å². The molecule has 0 bridgehead atoms. The van der Waals surface area contributed by atoms with Crippen molar-refractivity contribution >= 4 is 11.8 Å². The van der Waals surface area contributed by atoms with Gasteiger partial charge in [-0.15, -0.1) is 0 Å². The molecule has 1 aromatic carbocycles. The van der Waals surface area contributed by atoms with Crippen molar-refractivity contribution in [1.82, 2.24) is 10.2 Å². The van der Waals surface area contributed by atoms with E-state index in [4.69, 9.17) is 0 Å². The van der Waals surface area contributed by atoms with Crippen LogP contribution in [0.4, 0.5) is 4.39 Å². The van der Waals surface area contributed by atoms with Crippen LogP contribution >= 0.6 is 0 Å². The van der Waals surface area contributed by atoms with Gasteiger partial charge in [0.15, 0.2) is 0 Å². The lowest BCUT2D eigenvalue weighted by atomic mass is 10.1. The smallest absolute Gasteiger partial charge is 0.242 e. The van der Waals surface area contributed by atoms with Crippen molar-refractivity contribution in [3.8, 4) is 0 Å². The second-order valence-corrected chi connectivity index (χ2v) is 4.82. The first kappa shape index (κ1) is 17.1. The summed E-state index contributed by atoms with van der Waals surface area (Å²) in [6, 6.07) is 5.49. The molecule has 1 N–H and O–H groups in total. The summed E-state index contributed by atoms with van der Waals surface area (Å²) in [5, 5.41) is 2.76. The van der Waals surface area contributed by atoms with E-state index in [1.807, 2.05) is 13.8 Å². The van der Waals surface area contributed by atoms with E-state index in [2.05, 4.69) is 5.32 Å². The molecular weight excluding hydrogens is 271 g/mol. The molecule has 21 heavy (non-hydrogen) atoms. The fourth-order valence-corrected chi connectivity index (χ4v) is 2.20. The summed E-state index contributed by atoms with van der Waals surface area (Å²) in [6.45, 7) is 6.32. The average molecular weight is 294 g/mol. The van der Waals surface area contributed by atoms with Gasteiger partial charge in [0.1, 0.15) is 11.9 Å².